The number of hydrogen-bond acceptors (Lipinski definition) is 4. The summed E-state index contributed by atoms with van der Waals surface area (Å²) in [5.41, 5.74) is 5.07. The van der Waals surface area contributed by atoms with Crippen LogP contribution in [0.1, 0.15) is 52.8 Å². The Morgan fingerprint density at radius 1 is 1.12 bits per heavy atom. The van der Waals surface area contributed by atoms with Crippen molar-refractivity contribution in [2.75, 3.05) is 18.4 Å². The van der Waals surface area contributed by atoms with E-state index in [1.54, 1.807) is 6.07 Å². The van der Waals surface area contributed by atoms with Gasteiger partial charge < -0.3 is 10.2 Å². The number of nitrogens with zero attached hydrogens (tertiary/aromatic N) is 3. The predicted octanol–water partition coefficient (Wildman–Crippen LogP) is 4.33. The van der Waals surface area contributed by atoms with E-state index in [9.17, 15) is 4.79 Å². The van der Waals surface area contributed by atoms with Crippen LogP contribution in [0.15, 0.2) is 18.2 Å². The fourth-order valence-corrected chi connectivity index (χ4v) is 3.78. The van der Waals surface area contributed by atoms with Crippen LogP contribution >= 0.6 is 0 Å². The smallest absolute Gasteiger partial charge is 0.272 e. The van der Waals surface area contributed by atoms with E-state index in [-0.39, 0.29) is 5.91 Å². The fraction of sp³-hybridized carbons (Fsp3) is 0.476. The Morgan fingerprint density at radius 3 is 2.46 bits per heavy atom. The molecule has 138 valence electrons. The molecule has 0 spiro atoms. The molecule has 1 aromatic heterocycles. The van der Waals surface area contributed by atoms with Gasteiger partial charge in [0.05, 0.1) is 0 Å². The predicted molar refractivity (Wildman–Crippen MR) is 105 cm³/mol. The average Bonchev–Trinajstić information content (AvgIpc) is 2.57. The second-order valence-electron chi connectivity index (χ2n) is 7.58. The minimum atomic E-state index is 0.00227. The third-order valence-electron chi connectivity index (χ3n) is 4.93. The summed E-state index contributed by atoms with van der Waals surface area (Å²) in [5.74, 6) is 1.82. The highest BCUT2D eigenvalue weighted by molar-refractivity contribution is 5.93. The van der Waals surface area contributed by atoms with Gasteiger partial charge in [0, 0.05) is 24.8 Å². The number of aryl methyl sites for hydroxylation is 4. The number of hydrogen-bond donors (Lipinski definition) is 1. The van der Waals surface area contributed by atoms with Crippen LogP contribution in [0.2, 0.25) is 0 Å². The number of rotatable bonds is 3. The fourth-order valence-electron chi connectivity index (χ4n) is 3.78. The molecule has 0 radical (unpaired) electrons. The second kappa shape index (κ2) is 7.44. The molecule has 1 atom stereocenters. The number of carbonyl (C=O) groups excluding carboxylic acids is 1. The van der Waals surface area contributed by atoms with Crippen molar-refractivity contribution in [3.05, 3.63) is 46.4 Å². The van der Waals surface area contributed by atoms with Crippen LogP contribution < -0.4 is 5.32 Å². The third kappa shape index (κ3) is 4.03. The Morgan fingerprint density at radius 2 is 1.81 bits per heavy atom. The van der Waals surface area contributed by atoms with E-state index in [4.69, 9.17) is 0 Å². The maximum absolute atomic E-state index is 12.9. The van der Waals surface area contributed by atoms with Gasteiger partial charge in [0.1, 0.15) is 17.3 Å². The zero-order valence-corrected chi connectivity index (χ0v) is 16.4. The molecule has 5 heteroatoms. The topological polar surface area (TPSA) is 58.1 Å². The number of nitrogens with one attached hydrogen (secondary N) is 1. The SMILES string of the molecule is Cc1cc(C)c(Nc2cc(C(=O)N3CCCC(C)C3)nc(C)n2)c(C)c1. The Kier molecular flexibility index (Phi) is 5.25. The van der Waals surface area contributed by atoms with E-state index in [2.05, 4.69) is 55.1 Å². The van der Waals surface area contributed by atoms with Gasteiger partial charge in [-0.15, -0.1) is 0 Å². The van der Waals surface area contributed by atoms with Crippen molar-refractivity contribution in [2.45, 2.75) is 47.5 Å². The van der Waals surface area contributed by atoms with Crippen molar-refractivity contribution < 1.29 is 4.79 Å². The average molecular weight is 352 g/mol. The van der Waals surface area contributed by atoms with Gasteiger partial charge in [0.25, 0.3) is 5.91 Å². The summed E-state index contributed by atoms with van der Waals surface area (Å²) in [7, 11) is 0. The maximum atomic E-state index is 12.9. The Bertz CT molecular complexity index is 808. The number of piperidine rings is 1. The lowest BCUT2D eigenvalue weighted by molar-refractivity contribution is 0.0676. The molecular formula is C21H28N4O. The van der Waals surface area contributed by atoms with E-state index >= 15 is 0 Å². The van der Waals surface area contributed by atoms with Crippen LogP contribution in [-0.2, 0) is 0 Å². The summed E-state index contributed by atoms with van der Waals surface area (Å²) in [5, 5.41) is 3.39. The molecule has 3 rings (SSSR count). The molecule has 1 unspecified atom stereocenters. The van der Waals surface area contributed by atoms with Gasteiger partial charge in [0.2, 0.25) is 0 Å². The lowest BCUT2D eigenvalue weighted by atomic mass is 10.00. The molecule has 1 aromatic carbocycles. The van der Waals surface area contributed by atoms with Gasteiger partial charge in [-0.05, 0) is 57.6 Å². The largest absolute Gasteiger partial charge is 0.340 e. The van der Waals surface area contributed by atoms with Gasteiger partial charge in [-0.2, -0.15) is 0 Å². The molecule has 26 heavy (non-hydrogen) atoms. The summed E-state index contributed by atoms with van der Waals surface area (Å²) in [6.07, 6.45) is 2.25. The summed E-state index contributed by atoms with van der Waals surface area (Å²) in [4.78, 5) is 23.7. The van der Waals surface area contributed by atoms with Gasteiger partial charge in [-0.3, -0.25) is 4.79 Å². The first kappa shape index (κ1) is 18.4. The summed E-state index contributed by atoms with van der Waals surface area (Å²) < 4.78 is 0. The van der Waals surface area contributed by atoms with Crippen molar-refractivity contribution in [1.29, 1.82) is 0 Å². The molecule has 2 heterocycles. The first-order valence-corrected chi connectivity index (χ1v) is 9.33. The van der Waals surface area contributed by atoms with Gasteiger partial charge in [-0.1, -0.05) is 24.6 Å². The maximum Gasteiger partial charge on any atom is 0.272 e. The van der Waals surface area contributed by atoms with Crippen molar-refractivity contribution in [1.82, 2.24) is 14.9 Å². The molecule has 1 saturated heterocycles. The number of carbonyl (C=O) groups is 1. The van der Waals surface area contributed by atoms with Crippen molar-refractivity contribution >= 4 is 17.4 Å². The standard InChI is InChI=1S/C21H28N4O/c1-13-7-6-8-25(12-13)21(26)18-11-19(23-17(5)22-18)24-20-15(3)9-14(2)10-16(20)4/h9-11,13H,6-8,12H2,1-5H3,(H,22,23,24). The molecule has 1 aliphatic rings. The normalized spacial score (nSPS) is 17.3. The molecule has 0 bridgehead atoms. The molecule has 2 aromatic rings. The molecule has 0 saturated carbocycles. The van der Waals surface area contributed by atoms with Crippen molar-refractivity contribution in [3.8, 4) is 0 Å². The van der Waals surface area contributed by atoms with Crippen LogP contribution in [0.25, 0.3) is 0 Å². The highest BCUT2D eigenvalue weighted by Gasteiger charge is 2.23. The van der Waals surface area contributed by atoms with E-state index in [1.165, 1.54) is 12.0 Å². The minimum absolute atomic E-state index is 0.00227. The highest BCUT2D eigenvalue weighted by Crippen LogP contribution is 2.26. The highest BCUT2D eigenvalue weighted by atomic mass is 16.2. The van der Waals surface area contributed by atoms with E-state index < -0.39 is 0 Å². The first-order valence-electron chi connectivity index (χ1n) is 9.33. The van der Waals surface area contributed by atoms with Crippen LogP contribution in [0.3, 0.4) is 0 Å². The third-order valence-corrected chi connectivity index (χ3v) is 4.93. The van der Waals surface area contributed by atoms with Crippen molar-refractivity contribution in [2.24, 2.45) is 5.92 Å². The molecular weight excluding hydrogens is 324 g/mol. The monoisotopic (exact) mass is 352 g/mol. The molecule has 1 aliphatic heterocycles. The molecule has 5 nitrogen and oxygen atoms in total. The van der Waals surface area contributed by atoms with Crippen LogP contribution in [0.4, 0.5) is 11.5 Å². The van der Waals surface area contributed by atoms with Gasteiger partial charge >= 0.3 is 0 Å². The van der Waals surface area contributed by atoms with E-state index in [0.717, 1.165) is 36.3 Å². The Balaban J connectivity index is 1.87. The number of likely N-dealkylation sites (tertiary alicyclic amines) is 1. The Labute approximate surface area is 155 Å². The van der Waals surface area contributed by atoms with Crippen LogP contribution in [0, 0.1) is 33.6 Å². The molecule has 0 aliphatic carbocycles. The zero-order chi connectivity index (χ0) is 18.8. The quantitative estimate of drug-likeness (QED) is 0.893. The second-order valence-corrected chi connectivity index (χ2v) is 7.58. The van der Waals surface area contributed by atoms with Crippen LogP contribution in [-0.4, -0.2) is 33.9 Å². The summed E-state index contributed by atoms with van der Waals surface area (Å²) in [6, 6.07) is 6.06. The lowest BCUT2D eigenvalue weighted by Crippen LogP contribution is -2.39. The zero-order valence-electron chi connectivity index (χ0n) is 16.4. The number of aromatic nitrogens is 2. The van der Waals surface area contributed by atoms with Crippen LogP contribution in [0.5, 0.6) is 0 Å². The summed E-state index contributed by atoms with van der Waals surface area (Å²) in [6.45, 7) is 11.9. The van der Waals surface area contributed by atoms with Gasteiger partial charge in [-0.25, -0.2) is 9.97 Å². The molecule has 1 N–H and O–H groups in total. The first-order chi connectivity index (χ1) is 12.3. The van der Waals surface area contributed by atoms with E-state index in [0.29, 0.717) is 23.3 Å². The van der Waals surface area contributed by atoms with Gasteiger partial charge in [0.15, 0.2) is 0 Å². The number of anilines is 2. The molecule has 1 fully saturated rings. The molecule has 1 amide bonds. The minimum Gasteiger partial charge on any atom is -0.340 e. The lowest BCUT2D eigenvalue weighted by Gasteiger charge is -2.30. The van der Waals surface area contributed by atoms with E-state index in [1.807, 2.05) is 11.8 Å². The van der Waals surface area contributed by atoms with Crippen molar-refractivity contribution in [3.63, 3.8) is 0 Å². The Hall–Kier alpha value is -2.43. The number of benzene rings is 1. The number of amides is 1. The summed E-state index contributed by atoms with van der Waals surface area (Å²) >= 11 is 0.